The summed E-state index contributed by atoms with van der Waals surface area (Å²) in [6.45, 7) is 2.13. The van der Waals surface area contributed by atoms with Crippen LogP contribution in [-0.4, -0.2) is 20.9 Å². The molecule has 0 bridgehead atoms. The molecule has 0 amide bonds. The first-order valence-electron chi connectivity index (χ1n) is 8.40. The number of aromatic nitrogens is 3. The SMILES string of the molecule is CCCSc1nnc2c(n1)O[C@H](c1ccc(Br)cc1)Nc1ccccc1-2. The van der Waals surface area contributed by atoms with E-state index in [2.05, 4.69) is 43.4 Å². The maximum atomic E-state index is 6.23. The number of thioether (sulfide) groups is 1. The average Bonchev–Trinajstić information content (AvgIpc) is 2.83. The number of benzene rings is 2. The Morgan fingerprint density at radius 2 is 1.92 bits per heavy atom. The number of hydrogen-bond acceptors (Lipinski definition) is 6. The lowest BCUT2D eigenvalue weighted by Crippen LogP contribution is -2.17. The molecule has 132 valence electrons. The van der Waals surface area contributed by atoms with E-state index in [1.807, 2.05) is 48.5 Å². The molecule has 26 heavy (non-hydrogen) atoms. The Labute approximate surface area is 164 Å². The van der Waals surface area contributed by atoms with Crippen molar-refractivity contribution in [3.05, 3.63) is 58.6 Å². The first kappa shape index (κ1) is 17.3. The summed E-state index contributed by atoms with van der Waals surface area (Å²) < 4.78 is 7.26. The van der Waals surface area contributed by atoms with Crippen LogP contribution in [0.15, 0.2) is 58.2 Å². The predicted octanol–water partition coefficient (Wildman–Crippen LogP) is 5.31. The van der Waals surface area contributed by atoms with Crippen molar-refractivity contribution in [3.8, 4) is 17.1 Å². The summed E-state index contributed by atoms with van der Waals surface area (Å²) >= 11 is 5.06. The van der Waals surface area contributed by atoms with Gasteiger partial charge in [-0.1, -0.05) is 64.9 Å². The standard InChI is InChI=1S/C19H17BrN4OS/c1-2-11-26-19-22-18-16(23-24-19)14-5-3-4-6-15(14)21-17(25-18)12-7-9-13(20)10-8-12/h3-10,17,21H,2,11H2,1H3/t17-/m1/s1. The fourth-order valence-electron chi connectivity index (χ4n) is 2.69. The zero-order valence-corrected chi connectivity index (χ0v) is 16.5. The Bertz CT molecular complexity index is 920. The summed E-state index contributed by atoms with van der Waals surface area (Å²) in [4.78, 5) is 4.62. The fourth-order valence-corrected chi connectivity index (χ4v) is 3.59. The van der Waals surface area contributed by atoms with Gasteiger partial charge in [-0.25, -0.2) is 0 Å². The lowest BCUT2D eigenvalue weighted by atomic mass is 10.1. The van der Waals surface area contributed by atoms with Crippen LogP contribution >= 0.6 is 27.7 Å². The molecule has 7 heteroatoms. The van der Waals surface area contributed by atoms with Crippen molar-refractivity contribution in [2.24, 2.45) is 0 Å². The van der Waals surface area contributed by atoms with Gasteiger partial charge in [0.2, 0.25) is 11.0 Å². The second-order valence-corrected chi connectivity index (χ2v) is 7.81. The highest BCUT2D eigenvalue weighted by Gasteiger charge is 2.25. The number of para-hydroxylation sites is 1. The number of ether oxygens (including phenoxy) is 1. The Balaban J connectivity index is 1.78. The molecule has 0 saturated carbocycles. The Kier molecular flexibility index (Phi) is 5.08. The minimum atomic E-state index is -0.355. The molecule has 0 saturated heterocycles. The molecule has 0 radical (unpaired) electrons. The van der Waals surface area contributed by atoms with Crippen molar-refractivity contribution < 1.29 is 4.74 Å². The van der Waals surface area contributed by atoms with Gasteiger partial charge in [0.15, 0.2) is 11.9 Å². The smallest absolute Gasteiger partial charge is 0.247 e. The largest absolute Gasteiger partial charge is 0.448 e. The highest BCUT2D eigenvalue weighted by atomic mass is 79.9. The molecule has 1 aromatic heterocycles. The lowest BCUT2D eigenvalue weighted by Gasteiger charge is -2.19. The normalized spacial score (nSPS) is 15.2. The maximum Gasteiger partial charge on any atom is 0.247 e. The third kappa shape index (κ3) is 3.54. The summed E-state index contributed by atoms with van der Waals surface area (Å²) in [5, 5.41) is 12.8. The van der Waals surface area contributed by atoms with E-state index in [0.29, 0.717) is 16.7 Å². The van der Waals surface area contributed by atoms with E-state index in [1.54, 1.807) is 11.8 Å². The van der Waals surface area contributed by atoms with Crippen molar-refractivity contribution in [2.75, 3.05) is 11.1 Å². The topological polar surface area (TPSA) is 59.9 Å². The second-order valence-electron chi connectivity index (χ2n) is 5.84. The lowest BCUT2D eigenvalue weighted by molar-refractivity contribution is 0.225. The van der Waals surface area contributed by atoms with Crippen LogP contribution in [0.25, 0.3) is 11.3 Å². The molecular weight excluding hydrogens is 412 g/mol. The number of nitrogens with one attached hydrogen (secondary N) is 1. The van der Waals surface area contributed by atoms with Gasteiger partial charge < -0.3 is 10.1 Å². The molecule has 0 fully saturated rings. The average molecular weight is 429 g/mol. The molecule has 2 aromatic carbocycles. The van der Waals surface area contributed by atoms with E-state index in [-0.39, 0.29) is 6.23 Å². The molecule has 1 N–H and O–H groups in total. The highest BCUT2D eigenvalue weighted by Crippen LogP contribution is 2.39. The predicted molar refractivity (Wildman–Crippen MR) is 107 cm³/mol. The van der Waals surface area contributed by atoms with Crippen LogP contribution in [0.3, 0.4) is 0 Å². The summed E-state index contributed by atoms with van der Waals surface area (Å²) in [6.07, 6.45) is 0.698. The van der Waals surface area contributed by atoms with Gasteiger partial charge in [-0.3, -0.25) is 0 Å². The molecule has 2 heterocycles. The number of nitrogens with zero attached hydrogens (tertiary/aromatic N) is 3. The third-order valence-electron chi connectivity index (χ3n) is 3.94. The molecule has 1 atom stereocenters. The zero-order valence-electron chi connectivity index (χ0n) is 14.1. The van der Waals surface area contributed by atoms with Crippen LogP contribution in [0.2, 0.25) is 0 Å². The van der Waals surface area contributed by atoms with Crippen LogP contribution in [-0.2, 0) is 0 Å². The van der Waals surface area contributed by atoms with Gasteiger partial charge in [-0.2, -0.15) is 4.98 Å². The summed E-state index contributed by atoms with van der Waals surface area (Å²) in [5.41, 5.74) is 3.56. The third-order valence-corrected chi connectivity index (χ3v) is 5.51. The van der Waals surface area contributed by atoms with E-state index in [9.17, 15) is 0 Å². The quantitative estimate of drug-likeness (QED) is 0.568. The van der Waals surface area contributed by atoms with Crippen LogP contribution < -0.4 is 10.1 Å². The van der Waals surface area contributed by atoms with Gasteiger partial charge in [0, 0.05) is 27.0 Å². The van der Waals surface area contributed by atoms with Crippen LogP contribution in [0.5, 0.6) is 5.88 Å². The summed E-state index contributed by atoms with van der Waals surface area (Å²) in [5.74, 6) is 1.45. The van der Waals surface area contributed by atoms with E-state index in [1.165, 1.54) is 0 Å². The maximum absolute atomic E-state index is 6.23. The minimum absolute atomic E-state index is 0.355. The van der Waals surface area contributed by atoms with Crippen LogP contribution in [0.1, 0.15) is 25.1 Å². The Morgan fingerprint density at radius 3 is 2.73 bits per heavy atom. The van der Waals surface area contributed by atoms with Crippen molar-refractivity contribution in [3.63, 3.8) is 0 Å². The van der Waals surface area contributed by atoms with E-state index in [4.69, 9.17) is 4.74 Å². The summed E-state index contributed by atoms with van der Waals surface area (Å²) in [7, 11) is 0. The molecule has 3 aromatic rings. The van der Waals surface area contributed by atoms with Crippen molar-refractivity contribution in [1.82, 2.24) is 15.2 Å². The van der Waals surface area contributed by atoms with Gasteiger partial charge in [-0.05, 0) is 24.6 Å². The van der Waals surface area contributed by atoms with Crippen molar-refractivity contribution in [2.45, 2.75) is 24.7 Å². The van der Waals surface area contributed by atoms with Crippen molar-refractivity contribution in [1.29, 1.82) is 0 Å². The fraction of sp³-hybridized carbons (Fsp3) is 0.211. The van der Waals surface area contributed by atoms with E-state index in [0.717, 1.165) is 33.5 Å². The molecule has 4 rings (SSSR count). The van der Waals surface area contributed by atoms with Crippen LogP contribution in [0, 0.1) is 0 Å². The number of hydrogen-bond donors (Lipinski definition) is 1. The van der Waals surface area contributed by atoms with Gasteiger partial charge in [0.1, 0.15) is 0 Å². The molecule has 1 aliphatic rings. The van der Waals surface area contributed by atoms with Gasteiger partial charge in [0.25, 0.3) is 0 Å². The first-order chi connectivity index (χ1) is 12.7. The monoisotopic (exact) mass is 428 g/mol. The zero-order chi connectivity index (χ0) is 17.9. The van der Waals surface area contributed by atoms with Gasteiger partial charge in [-0.15, -0.1) is 10.2 Å². The van der Waals surface area contributed by atoms with Gasteiger partial charge >= 0.3 is 0 Å². The summed E-state index contributed by atoms with van der Waals surface area (Å²) in [6, 6.07) is 16.0. The minimum Gasteiger partial charge on any atom is -0.448 e. The molecule has 0 unspecified atom stereocenters. The Morgan fingerprint density at radius 1 is 1.12 bits per heavy atom. The highest BCUT2D eigenvalue weighted by molar-refractivity contribution is 9.10. The molecule has 5 nitrogen and oxygen atoms in total. The number of rotatable bonds is 4. The molecular formula is C19H17BrN4OS. The second kappa shape index (κ2) is 7.63. The number of anilines is 1. The molecule has 1 aliphatic heterocycles. The van der Waals surface area contributed by atoms with Gasteiger partial charge in [0.05, 0.1) is 0 Å². The van der Waals surface area contributed by atoms with E-state index < -0.39 is 0 Å². The van der Waals surface area contributed by atoms with Crippen molar-refractivity contribution >= 4 is 33.4 Å². The van der Waals surface area contributed by atoms with Crippen LogP contribution in [0.4, 0.5) is 5.69 Å². The first-order valence-corrected chi connectivity index (χ1v) is 10.2. The molecule has 0 spiro atoms. The Hall–Kier alpha value is -2.12. The van der Waals surface area contributed by atoms with E-state index >= 15 is 0 Å². The number of halogens is 1. The molecule has 0 aliphatic carbocycles. The number of fused-ring (bicyclic) bond motifs is 3.